The molecule has 0 saturated carbocycles. The van der Waals surface area contributed by atoms with Gasteiger partial charge in [-0.2, -0.15) is 0 Å². The molecule has 1 atom stereocenters. The highest BCUT2D eigenvalue weighted by molar-refractivity contribution is 5.95. The van der Waals surface area contributed by atoms with Gasteiger partial charge in [0.15, 0.2) is 0 Å². The van der Waals surface area contributed by atoms with Gasteiger partial charge in [-0.25, -0.2) is 4.98 Å². The molecule has 3 aromatic rings. The summed E-state index contributed by atoms with van der Waals surface area (Å²) < 4.78 is 7.17. The van der Waals surface area contributed by atoms with E-state index in [4.69, 9.17) is 4.42 Å². The summed E-state index contributed by atoms with van der Waals surface area (Å²) in [6, 6.07) is 9.06. The molecule has 0 spiro atoms. The summed E-state index contributed by atoms with van der Waals surface area (Å²) >= 11 is 0. The number of para-hydroxylation sites is 1. The SMILES string of the molecule is Cc1cc(C(=O)N2CCCC(n3cnc4ccccc4c3=O)C2)c(C)o1. The van der Waals surface area contributed by atoms with Crippen molar-refractivity contribution in [1.82, 2.24) is 14.5 Å². The Morgan fingerprint density at radius 3 is 2.85 bits per heavy atom. The Bertz CT molecular complexity index is 1030. The van der Waals surface area contributed by atoms with Crippen LogP contribution in [0.2, 0.25) is 0 Å². The van der Waals surface area contributed by atoms with E-state index in [0.29, 0.717) is 35.3 Å². The minimum atomic E-state index is -0.0642. The molecule has 2 aromatic heterocycles. The summed E-state index contributed by atoms with van der Waals surface area (Å²) in [5, 5.41) is 0.611. The molecule has 26 heavy (non-hydrogen) atoms. The Morgan fingerprint density at radius 1 is 1.27 bits per heavy atom. The average molecular weight is 351 g/mol. The van der Waals surface area contributed by atoms with Gasteiger partial charge in [0.25, 0.3) is 11.5 Å². The second-order valence-electron chi connectivity index (χ2n) is 6.85. The average Bonchev–Trinajstić information content (AvgIpc) is 3.00. The number of aromatic nitrogens is 2. The largest absolute Gasteiger partial charge is 0.466 e. The molecule has 3 heterocycles. The van der Waals surface area contributed by atoms with E-state index in [1.54, 1.807) is 30.0 Å². The molecule has 0 aliphatic carbocycles. The first kappa shape index (κ1) is 16.6. The molecule has 1 unspecified atom stereocenters. The van der Waals surface area contributed by atoms with Gasteiger partial charge in [0.2, 0.25) is 0 Å². The van der Waals surface area contributed by atoms with Gasteiger partial charge in [0, 0.05) is 13.1 Å². The number of carbonyl (C=O) groups is 1. The van der Waals surface area contributed by atoms with Gasteiger partial charge in [-0.05, 0) is 44.9 Å². The number of fused-ring (bicyclic) bond motifs is 1. The van der Waals surface area contributed by atoms with Gasteiger partial charge in [0.1, 0.15) is 11.5 Å². The van der Waals surface area contributed by atoms with Crippen molar-refractivity contribution in [2.75, 3.05) is 13.1 Å². The van der Waals surface area contributed by atoms with Crippen LogP contribution in [0.3, 0.4) is 0 Å². The van der Waals surface area contributed by atoms with Crippen molar-refractivity contribution in [3.63, 3.8) is 0 Å². The van der Waals surface area contributed by atoms with Crippen molar-refractivity contribution in [1.29, 1.82) is 0 Å². The van der Waals surface area contributed by atoms with Crippen LogP contribution in [0.4, 0.5) is 0 Å². The molecule has 0 N–H and O–H groups in total. The third kappa shape index (κ3) is 2.81. The highest BCUT2D eigenvalue weighted by Crippen LogP contribution is 2.24. The molecule has 1 aliphatic rings. The van der Waals surface area contributed by atoms with Crippen molar-refractivity contribution in [3.05, 3.63) is 64.1 Å². The van der Waals surface area contributed by atoms with Gasteiger partial charge in [-0.3, -0.25) is 14.2 Å². The third-order valence-corrected chi connectivity index (χ3v) is 5.04. The molecular weight excluding hydrogens is 330 g/mol. The number of likely N-dealkylation sites (tertiary alicyclic amines) is 1. The zero-order valence-electron chi connectivity index (χ0n) is 14.9. The van der Waals surface area contributed by atoms with Gasteiger partial charge >= 0.3 is 0 Å². The molecule has 1 amide bonds. The number of hydrogen-bond donors (Lipinski definition) is 0. The van der Waals surface area contributed by atoms with E-state index in [2.05, 4.69) is 4.98 Å². The fourth-order valence-corrected chi connectivity index (χ4v) is 3.72. The lowest BCUT2D eigenvalue weighted by Crippen LogP contribution is -2.43. The van der Waals surface area contributed by atoms with Crippen LogP contribution >= 0.6 is 0 Å². The summed E-state index contributed by atoms with van der Waals surface area (Å²) in [5.74, 6) is 1.33. The van der Waals surface area contributed by atoms with Crippen LogP contribution in [-0.2, 0) is 0 Å². The predicted molar refractivity (Wildman–Crippen MR) is 98.4 cm³/mol. The Morgan fingerprint density at radius 2 is 2.08 bits per heavy atom. The molecule has 1 fully saturated rings. The second-order valence-corrected chi connectivity index (χ2v) is 6.85. The lowest BCUT2D eigenvalue weighted by molar-refractivity contribution is 0.0675. The van der Waals surface area contributed by atoms with E-state index in [9.17, 15) is 9.59 Å². The van der Waals surface area contributed by atoms with Crippen LogP contribution in [0.1, 0.15) is 40.8 Å². The maximum atomic E-state index is 12.9. The van der Waals surface area contributed by atoms with Crippen molar-refractivity contribution < 1.29 is 9.21 Å². The lowest BCUT2D eigenvalue weighted by atomic mass is 10.0. The van der Waals surface area contributed by atoms with Gasteiger partial charge in [0.05, 0.1) is 28.8 Å². The van der Waals surface area contributed by atoms with Crippen molar-refractivity contribution in [2.45, 2.75) is 32.7 Å². The Kier molecular flexibility index (Phi) is 4.11. The number of rotatable bonds is 2. The topological polar surface area (TPSA) is 68.3 Å². The summed E-state index contributed by atoms with van der Waals surface area (Å²) in [5.41, 5.74) is 1.25. The molecule has 0 radical (unpaired) electrons. The number of amides is 1. The third-order valence-electron chi connectivity index (χ3n) is 5.04. The normalized spacial score (nSPS) is 17.6. The van der Waals surface area contributed by atoms with Crippen molar-refractivity contribution in [2.24, 2.45) is 0 Å². The first-order chi connectivity index (χ1) is 12.5. The maximum Gasteiger partial charge on any atom is 0.261 e. The summed E-state index contributed by atoms with van der Waals surface area (Å²) in [6.45, 7) is 4.83. The Balaban J connectivity index is 1.63. The molecule has 4 rings (SSSR count). The quantitative estimate of drug-likeness (QED) is 0.711. The van der Waals surface area contributed by atoms with E-state index in [-0.39, 0.29) is 17.5 Å². The number of furan rings is 1. The zero-order chi connectivity index (χ0) is 18.3. The van der Waals surface area contributed by atoms with Gasteiger partial charge < -0.3 is 9.32 Å². The first-order valence-electron chi connectivity index (χ1n) is 8.87. The van der Waals surface area contributed by atoms with Crippen LogP contribution < -0.4 is 5.56 Å². The summed E-state index contributed by atoms with van der Waals surface area (Å²) in [7, 11) is 0. The summed E-state index contributed by atoms with van der Waals surface area (Å²) in [4.78, 5) is 31.9. The van der Waals surface area contributed by atoms with Gasteiger partial charge in [-0.1, -0.05) is 12.1 Å². The first-order valence-corrected chi connectivity index (χ1v) is 8.87. The zero-order valence-corrected chi connectivity index (χ0v) is 14.9. The predicted octanol–water partition coefficient (Wildman–Crippen LogP) is 3.08. The molecule has 6 nitrogen and oxygen atoms in total. The maximum absolute atomic E-state index is 12.9. The fraction of sp³-hybridized carbons (Fsp3) is 0.350. The number of carbonyl (C=O) groups excluding carboxylic acids is 1. The number of aryl methyl sites for hydroxylation is 2. The molecule has 1 saturated heterocycles. The number of piperidine rings is 1. The fourth-order valence-electron chi connectivity index (χ4n) is 3.72. The molecule has 6 heteroatoms. The van der Waals surface area contributed by atoms with Crippen LogP contribution in [0.15, 0.2) is 45.9 Å². The van der Waals surface area contributed by atoms with Gasteiger partial charge in [-0.15, -0.1) is 0 Å². The van der Waals surface area contributed by atoms with Crippen LogP contribution in [0, 0.1) is 13.8 Å². The molecule has 1 aliphatic heterocycles. The monoisotopic (exact) mass is 351 g/mol. The molecular formula is C20H21N3O3. The standard InChI is InChI=1S/C20H21N3O3/c1-13-10-17(14(2)26-13)19(24)22-9-5-6-15(11-22)23-12-21-18-8-4-3-7-16(18)20(23)25/h3-4,7-8,10,12,15H,5-6,9,11H2,1-2H3. The minimum absolute atomic E-state index is 0.0363. The molecule has 134 valence electrons. The van der Waals surface area contributed by atoms with Crippen molar-refractivity contribution in [3.8, 4) is 0 Å². The molecule has 1 aromatic carbocycles. The van der Waals surface area contributed by atoms with E-state index in [1.165, 1.54) is 0 Å². The Labute approximate surface area is 151 Å². The van der Waals surface area contributed by atoms with E-state index >= 15 is 0 Å². The smallest absolute Gasteiger partial charge is 0.261 e. The lowest BCUT2D eigenvalue weighted by Gasteiger charge is -2.33. The van der Waals surface area contributed by atoms with E-state index < -0.39 is 0 Å². The number of hydrogen-bond acceptors (Lipinski definition) is 4. The van der Waals surface area contributed by atoms with Crippen molar-refractivity contribution >= 4 is 16.8 Å². The minimum Gasteiger partial charge on any atom is -0.466 e. The van der Waals surface area contributed by atoms with E-state index in [0.717, 1.165) is 18.6 Å². The highest BCUT2D eigenvalue weighted by atomic mass is 16.3. The Hall–Kier alpha value is -2.89. The van der Waals surface area contributed by atoms with Crippen LogP contribution in [0.25, 0.3) is 10.9 Å². The van der Waals surface area contributed by atoms with E-state index in [1.807, 2.05) is 30.0 Å². The van der Waals surface area contributed by atoms with Crippen LogP contribution in [0.5, 0.6) is 0 Å². The highest BCUT2D eigenvalue weighted by Gasteiger charge is 2.28. The molecule has 0 bridgehead atoms. The number of benzene rings is 1. The second kappa shape index (κ2) is 6.44. The van der Waals surface area contributed by atoms with Crippen LogP contribution in [-0.4, -0.2) is 33.4 Å². The number of nitrogens with zero attached hydrogens (tertiary/aromatic N) is 3. The summed E-state index contributed by atoms with van der Waals surface area (Å²) in [6.07, 6.45) is 3.31.